The Balaban J connectivity index is 1.32. The summed E-state index contributed by atoms with van der Waals surface area (Å²) in [5.74, 6) is 1.84. The van der Waals surface area contributed by atoms with Gasteiger partial charge in [0.1, 0.15) is 0 Å². The molecular formula is C45H32N4S. The molecule has 0 spiro atoms. The molecule has 0 aliphatic rings. The summed E-state index contributed by atoms with van der Waals surface area (Å²) >= 11 is 0. The highest BCUT2D eigenvalue weighted by atomic mass is 32.3. The number of para-hydroxylation sites is 2. The number of benzene rings is 7. The molecule has 7 aromatic carbocycles. The van der Waals surface area contributed by atoms with Crippen molar-refractivity contribution in [3.05, 3.63) is 194 Å². The Morgan fingerprint density at radius 2 is 0.740 bits per heavy atom. The number of hydrogen-bond acceptors (Lipinski definition) is 3. The summed E-state index contributed by atoms with van der Waals surface area (Å²) in [5, 5.41) is 2.32. The highest BCUT2D eigenvalue weighted by Gasteiger charge is 2.33. The fourth-order valence-electron chi connectivity index (χ4n) is 6.96. The maximum Gasteiger partial charge on any atom is 0.238 e. The maximum absolute atomic E-state index is 5.26. The average Bonchev–Trinajstić information content (AvgIpc) is 3.54. The number of hydrogen-bond donors (Lipinski definition) is 0. The van der Waals surface area contributed by atoms with Crippen LogP contribution < -0.4 is 0 Å². The third kappa shape index (κ3) is 4.99. The topological polar surface area (TPSA) is 43.6 Å². The second kappa shape index (κ2) is 12.6. The molecule has 0 saturated heterocycles. The fourth-order valence-corrected chi connectivity index (χ4v) is 10.9. The Morgan fingerprint density at radius 3 is 1.26 bits per heavy atom. The van der Waals surface area contributed by atoms with Gasteiger partial charge in [0.15, 0.2) is 11.6 Å². The maximum atomic E-state index is 5.26. The lowest BCUT2D eigenvalue weighted by Gasteiger charge is -2.42. The molecule has 0 unspecified atom stereocenters. The first-order valence-corrected chi connectivity index (χ1v) is 18.3. The van der Waals surface area contributed by atoms with Gasteiger partial charge in [-0.3, -0.25) is 4.57 Å². The summed E-state index contributed by atoms with van der Waals surface area (Å²) < 4.78 is 2.17. The molecule has 0 bridgehead atoms. The van der Waals surface area contributed by atoms with Crippen molar-refractivity contribution < 1.29 is 0 Å². The second-order valence-corrected chi connectivity index (χ2v) is 15.2. The van der Waals surface area contributed by atoms with Crippen LogP contribution in [-0.2, 0) is 0 Å². The van der Waals surface area contributed by atoms with Crippen LogP contribution in [0.25, 0.3) is 50.5 Å². The second-order valence-electron chi connectivity index (χ2n) is 12.1. The quantitative estimate of drug-likeness (QED) is 0.171. The Labute approximate surface area is 292 Å². The minimum absolute atomic E-state index is 0.587. The molecule has 238 valence electrons. The van der Waals surface area contributed by atoms with E-state index >= 15 is 0 Å². The van der Waals surface area contributed by atoms with Gasteiger partial charge in [-0.25, -0.2) is 4.98 Å². The first-order valence-electron chi connectivity index (χ1n) is 16.7. The van der Waals surface area contributed by atoms with E-state index in [1.807, 2.05) is 18.2 Å². The van der Waals surface area contributed by atoms with Gasteiger partial charge in [-0.05, 0) is 60.7 Å². The van der Waals surface area contributed by atoms with E-state index in [-0.39, 0.29) is 0 Å². The van der Waals surface area contributed by atoms with Crippen LogP contribution in [0.15, 0.2) is 214 Å². The van der Waals surface area contributed by atoms with Gasteiger partial charge in [-0.15, -0.1) is 10.0 Å². The van der Waals surface area contributed by atoms with E-state index in [0.29, 0.717) is 17.6 Å². The van der Waals surface area contributed by atoms with Gasteiger partial charge in [0.2, 0.25) is 5.95 Å². The SMILES string of the molecule is c1ccc(-c2nc(-c3cccc(S(c4ccccc4)(c4ccccc4)c4ccccc4)c3)nc(-n3c4ccccc4c4ccccc43)n2)cc1. The average molecular weight is 661 g/mol. The van der Waals surface area contributed by atoms with Crippen LogP contribution in [0.4, 0.5) is 0 Å². The first kappa shape index (κ1) is 29.8. The standard InChI is InChI=1S/C45H32N4S/c1-5-18-33(19-6-1)43-46-44(48-45(47-43)49-41-30-15-13-28-39(41)40-29-14-16-31-42(40)49)34-20-17-27-38(32-34)50(35-21-7-2-8-22-35,36-23-9-3-10-24-36)37-25-11-4-12-26-37/h1-32H. The molecule has 0 atom stereocenters. The molecule has 0 saturated carbocycles. The van der Waals surface area contributed by atoms with Crippen LogP contribution in [0, 0.1) is 0 Å². The zero-order chi connectivity index (χ0) is 33.3. The van der Waals surface area contributed by atoms with E-state index in [9.17, 15) is 0 Å². The lowest BCUT2D eigenvalue weighted by atomic mass is 10.2. The predicted molar refractivity (Wildman–Crippen MR) is 205 cm³/mol. The van der Waals surface area contributed by atoms with E-state index in [1.165, 1.54) is 19.6 Å². The highest BCUT2D eigenvalue weighted by Crippen LogP contribution is 2.73. The summed E-state index contributed by atoms with van der Waals surface area (Å²) in [7, 11) is -1.89. The van der Waals surface area contributed by atoms with Crippen molar-refractivity contribution in [1.82, 2.24) is 19.5 Å². The van der Waals surface area contributed by atoms with Gasteiger partial charge in [0, 0.05) is 41.5 Å². The molecule has 0 N–H and O–H groups in total. The van der Waals surface area contributed by atoms with Gasteiger partial charge >= 0.3 is 0 Å². The van der Waals surface area contributed by atoms with Gasteiger partial charge in [-0.2, -0.15) is 9.97 Å². The van der Waals surface area contributed by atoms with Crippen LogP contribution in [0.2, 0.25) is 0 Å². The van der Waals surface area contributed by atoms with Crippen LogP contribution >= 0.6 is 10.0 Å². The molecule has 9 aromatic rings. The van der Waals surface area contributed by atoms with E-state index in [2.05, 4.69) is 180 Å². The molecule has 2 heterocycles. The van der Waals surface area contributed by atoms with Crippen molar-refractivity contribution in [2.24, 2.45) is 0 Å². The minimum atomic E-state index is -1.89. The molecule has 0 aliphatic heterocycles. The molecule has 0 radical (unpaired) electrons. The lowest BCUT2D eigenvalue weighted by Crippen LogP contribution is -2.07. The van der Waals surface area contributed by atoms with Gasteiger partial charge < -0.3 is 0 Å². The third-order valence-electron chi connectivity index (χ3n) is 9.17. The van der Waals surface area contributed by atoms with Crippen LogP contribution in [0.5, 0.6) is 0 Å². The van der Waals surface area contributed by atoms with Crippen molar-refractivity contribution in [3.63, 3.8) is 0 Å². The zero-order valence-electron chi connectivity index (χ0n) is 27.2. The molecule has 0 fully saturated rings. The largest absolute Gasteiger partial charge is 0.278 e. The monoisotopic (exact) mass is 660 g/mol. The van der Waals surface area contributed by atoms with Crippen molar-refractivity contribution >= 4 is 31.8 Å². The molecule has 4 nitrogen and oxygen atoms in total. The summed E-state index contributed by atoms with van der Waals surface area (Å²) in [4.78, 5) is 20.6. The zero-order valence-corrected chi connectivity index (χ0v) is 28.0. The van der Waals surface area contributed by atoms with E-state index in [0.717, 1.165) is 32.9 Å². The lowest BCUT2D eigenvalue weighted by molar-refractivity contribution is 0.953. The summed E-state index contributed by atoms with van der Waals surface area (Å²) in [6.45, 7) is 0. The fraction of sp³-hybridized carbons (Fsp3) is 0. The Bertz CT molecular complexity index is 2440. The number of rotatable bonds is 7. The van der Waals surface area contributed by atoms with Crippen molar-refractivity contribution in [1.29, 1.82) is 0 Å². The molecule has 0 aliphatic carbocycles. The molecule has 50 heavy (non-hydrogen) atoms. The third-order valence-corrected chi connectivity index (χ3v) is 13.1. The Kier molecular flexibility index (Phi) is 7.52. The first-order chi connectivity index (χ1) is 24.8. The molecular weight excluding hydrogens is 629 g/mol. The van der Waals surface area contributed by atoms with Gasteiger partial charge in [0.05, 0.1) is 11.0 Å². The summed E-state index contributed by atoms with van der Waals surface area (Å²) in [5.41, 5.74) is 3.98. The number of aromatic nitrogens is 4. The van der Waals surface area contributed by atoms with Crippen molar-refractivity contribution in [3.8, 4) is 28.7 Å². The molecule has 2 aromatic heterocycles. The van der Waals surface area contributed by atoms with Crippen molar-refractivity contribution in [2.45, 2.75) is 19.6 Å². The van der Waals surface area contributed by atoms with E-state index in [1.54, 1.807) is 0 Å². The minimum Gasteiger partial charge on any atom is -0.278 e. The van der Waals surface area contributed by atoms with E-state index in [4.69, 9.17) is 15.0 Å². The highest BCUT2D eigenvalue weighted by molar-refractivity contribution is 8.34. The van der Waals surface area contributed by atoms with Crippen molar-refractivity contribution in [2.75, 3.05) is 0 Å². The molecule has 0 amide bonds. The summed E-state index contributed by atoms with van der Waals surface area (Å²) in [6.07, 6.45) is 0. The van der Waals surface area contributed by atoms with Crippen LogP contribution in [0.3, 0.4) is 0 Å². The Hall–Kier alpha value is -6.30. The smallest absolute Gasteiger partial charge is 0.238 e. The summed E-state index contributed by atoms with van der Waals surface area (Å²) in [6, 6.07) is 68.6. The Morgan fingerprint density at radius 1 is 0.340 bits per heavy atom. The number of fused-ring (bicyclic) bond motifs is 3. The van der Waals surface area contributed by atoms with Crippen LogP contribution in [0.1, 0.15) is 0 Å². The molecule has 5 heteroatoms. The van der Waals surface area contributed by atoms with Gasteiger partial charge in [-0.1, -0.05) is 133 Å². The van der Waals surface area contributed by atoms with Gasteiger partial charge in [0.25, 0.3) is 0 Å². The number of nitrogens with zero attached hydrogens (tertiary/aromatic N) is 4. The van der Waals surface area contributed by atoms with E-state index < -0.39 is 10.0 Å². The molecule has 9 rings (SSSR count). The van der Waals surface area contributed by atoms with Crippen LogP contribution in [-0.4, -0.2) is 19.5 Å². The predicted octanol–water partition coefficient (Wildman–Crippen LogP) is 11.6. The normalized spacial score (nSPS) is 11.9.